The third-order valence-electron chi connectivity index (χ3n) is 1.97. The van der Waals surface area contributed by atoms with Gasteiger partial charge in [-0.2, -0.15) is 10.1 Å². The maximum atomic E-state index is 10.9. The fourth-order valence-corrected chi connectivity index (χ4v) is 1.70. The minimum absolute atomic E-state index is 0.209. The molecule has 0 saturated heterocycles. The van der Waals surface area contributed by atoms with Crippen LogP contribution in [0.2, 0.25) is 0 Å². The molecule has 0 spiro atoms. The number of nitrogens with zero attached hydrogens (tertiary/aromatic N) is 4. The van der Waals surface area contributed by atoms with Gasteiger partial charge in [0.2, 0.25) is 21.7 Å². The molecule has 9 heteroatoms. The first-order valence-electron chi connectivity index (χ1n) is 5.10. The van der Waals surface area contributed by atoms with E-state index < -0.39 is 10.0 Å². The molecule has 0 radical (unpaired) electrons. The van der Waals surface area contributed by atoms with Gasteiger partial charge in [-0.15, -0.1) is 5.10 Å². The summed E-state index contributed by atoms with van der Waals surface area (Å²) in [5.41, 5.74) is 0.503. The van der Waals surface area contributed by atoms with Crippen molar-refractivity contribution in [2.75, 3.05) is 12.8 Å². The molecular weight excluding hydrogens is 258 g/mol. The van der Waals surface area contributed by atoms with Crippen molar-refractivity contribution in [1.29, 1.82) is 0 Å². The molecule has 2 aromatic rings. The van der Waals surface area contributed by atoms with Crippen molar-refractivity contribution in [3.05, 3.63) is 24.2 Å². The Morgan fingerprint density at radius 3 is 2.94 bits per heavy atom. The van der Waals surface area contributed by atoms with E-state index in [1.54, 1.807) is 18.3 Å². The monoisotopic (exact) mass is 269 g/mol. The van der Waals surface area contributed by atoms with Crippen molar-refractivity contribution in [3.8, 4) is 11.5 Å². The zero-order chi connectivity index (χ0) is 13.0. The molecule has 2 aromatic heterocycles. The summed E-state index contributed by atoms with van der Waals surface area (Å²) >= 11 is 0. The number of nitrogens with one attached hydrogen (secondary N) is 1. The van der Waals surface area contributed by atoms with Crippen LogP contribution in [0.1, 0.15) is 5.89 Å². The molecule has 0 atom stereocenters. The average molecular weight is 269 g/mol. The average Bonchev–Trinajstić information content (AvgIpc) is 2.77. The Bertz CT molecular complexity index is 610. The largest absolute Gasteiger partial charge is 0.339 e. The SMILES string of the molecule is CS(=O)(=O)NCCc1nc(-c2cccnn2)no1. The third kappa shape index (κ3) is 3.57. The van der Waals surface area contributed by atoms with Crippen molar-refractivity contribution in [1.82, 2.24) is 25.1 Å². The number of rotatable bonds is 5. The van der Waals surface area contributed by atoms with Crippen LogP contribution in [0.25, 0.3) is 11.5 Å². The van der Waals surface area contributed by atoms with E-state index in [4.69, 9.17) is 4.52 Å². The molecule has 0 amide bonds. The van der Waals surface area contributed by atoms with Crippen LogP contribution in [-0.4, -0.2) is 41.6 Å². The summed E-state index contributed by atoms with van der Waals surface area (Å²) in [5.74, 6) is 0.671. The Hall–Kier alpha value is -1.87. The van der Waals surface area contributed by atoms with Crippen LogP contribution in [-0.2, 0) is 16.4 Å². The maximum Gasteiger partial charge on any atom is 0.228 e. The number of aromatic nitrogens is 4. The zero-order valence-electron chi connectivity index (χ0n) is 9.57. The highest BCUT2D eigenvalue weighted by Gasteiger charge is 2.10. The molecule has 0 aliphatic rings. The van der Waals surface area contributed by atoms with Crippen LogP contribution in [0.5, 0.6) is 0 Å². The quantitative estimate of drug-likeness (QED) is 0.787. The zero-order valence-corrected chi connectivity index (χ0v) is 10.4. The molecule has 18 heavy (non-hydrogen) atoms. The van der Waals surface area contributed by atoms with Crippen molar-refractivity contribution in [2.45, 2.75) is 6.42 Å². The molecule has 2 heterocycles. The van der Waals surface area contributed by atoms with Gasteiger partial charge in [0.25, 0.3) is 0 Å². The second-order valence-corrected chi connectivity index (χ2v) is 5.37. The predicted octanol–water partition coefficient (Wildman–Crippen LogP) is -0.382. The van der Waals surface area contributed by atoms with Crippen LogP contribution in [0, 0.1) is 0 Å². The van der Waals surface area contributed by atoms with E-state index in [-0.39, 0.29) is 6.54 Å². The Morgan fingerprint density at radius 2 is 2.28 bits per heavy atom. The van der Waals surface area contributed by atoms with Gasteiger partial charge < -0.3 is 4.52 Å². The van der Waals surface area contributed by atoms with Gasteiger partial charge in [0.05, 0.1) is 6.26 Å². The first-order valence-corrected chi connectivity index (χ1v) is 6.99. The lowest BCUT2D eigenvalue weighted by atomic mass is 10.4. The smallest absolute Gasteiger partial charge is 0.228 e. The first-order chi connectivity index (χ1) is 8.54. The fourth-order valence-electron chi connectivity index (χ4n) is 1.22. The Labute approximate surface area is 103 Å². The number of hydrogen-bond acceptors (Lipinski definition) is 7. The molecule has 0 aliphatic carbocycles. The lowest BCUT2D eigenvalue weighted by molar-refractivity contribution is 0.379. The molecule has 0 aromatic carbocycles. The lowest BCUT2D eigenvalue weighted by Gasteiger charge is -1.97. The first kappa shape index (κ1) is 12.6. The van der Waals surface area contributed by atoms with Gasteiger partial charge in [0.15, 0.2) is 0 Å². The van der Waals surface area contributed by atoms with Gasteiger partial charge in [-0.25, -0.2) is 13.1 Å². The highest BCUT2D eigenvalue weighted by Crippen LogP contribution is 2.10. The topological polar surface area (TPSA) is 111 Å². The molecule has 0 saturated carbocycles. The standard InChI is InChI=1S/C9H11N5O3S/c1-18(15,16)11-6-4-8-12-9(14-17-8)7-3-2-5-10-13-7/h2-3,5,11H,4,6H2,1H3. The second kappa shape index (κ2) is 5.19. The van der Waals surface area contributed by atoms with Gasteiger partial charge in [0.1, 0.15) is 5.69 Å². The third-order valence-corrected chi connectivity index (χ3v) is 2.70. The van der Waals surface area contributed by atoms with Gasteiger partial charge in [-0.05, 0) is 12.1 Å². The van der Waals surface area contributed by atoms with Crippen molar-refractivity contribution >= 4 is 10.0 Å². The molecule has 0 unspecified atom stereocenters. The van der Waals surface area contributed by atoms with Crippen molar-refractivity contribution in [3.63, 3.8) is 0 Å². The Balaban J connectivity index is 1.99. The van der Waals surface area contributed by atoms with E-state index >= 15 is 0 Å². The summed E-state index contributed by atoms with van der Waals surface area (Å²) in [6, 6.07) is 3.42. The number of sulfonamides is 1. The summed E-state index contributed by atoms with van der Waals surface area (Å²) in [6.45, 7) is 0.209. The molecule has 2 rings (SSSR count). The van der Waals surface area contributed by atoms with E-state index in [0.29, 0.717) is 23.8 Å². The highest BCUT2D eigenvalue weighted by molar-refractivity contribution is 7.88. The molecule has 1 N–H and O–H groups in total. The summed E-state index contributed by atoms with van der Waals surface area (Å²) in [6.07, 6.45) is 2.95. The van der Waals surface area contributed by atoms with Crippen LogP contribution in [0.4, 0.5) is 0 Å². The molecule has 0 fully saturated rings. The van der Waals surface area contributed by atoms with Gasteiger partial charge in [0, 0.05) is 19.2 Å². The van der Waals surface area contributed by atoms with Gasteiger partial charge in [-0.3, -0.25) is 0 Å². The molecule has 96 valence electrons. The summed E-state index contributed by atoms with van der Waals surface area (Å²) in [5, 5.41) is 11.3. The normalized spacial score (nSPS) is 11.6. The molecule has 0 bridgehead atoms. The van der Waals surface area contributed by atoms with Crippen molar-refractivity contribution in [2.24, 2.45) is 0 Å². The number of hydrogen-bond donors (Lipinski definition) is 1. The van der Waals surface area contributed by atoms with Crippen LogP contribution >= 0.6 is 0 Å². The van der Waals surface area contributed by atoms with Gasteiger partial charge in [-0.1, -0.05) is 5.16 Å². The summed E-state index contributed by atoms with van der Waals surface area (Å²) in [7, 11) is -3.20. The Kier molecular flexibility index (Phi) is 3.63. The van der Waals surface area contributed by atoms with Crippen LogP contribution in [0.3, 0.4) is 0 Å². The molecular formula is C9H11N5O3S. The maximum absolute atomic E-state index is 10.9. The van der Waals surface area contributed by atoms with Crippen LogP contribution < -0.4 is 4.72 Å². The van der Waals surface area contributed by atoms with Gasteiger partial charge >= 0.3 is 0 Å². The summed E-state index contributed by atoms with van der Waals surface area (Å²) in [4.78, 5) is 4.08. The highest BCUT2D eigenvalue weighted by atomic mass is 32.2. The Morgan fingerprint density at radius 1 is 1.44 bits per heavy atom. The van der Waals surface area contributed by atoms with E-state index in [1.807, 2.05) is 0 Å². The second-order valence-electron chi connectivity index (χ2n) is 3.54. The fraction of sp³-hybridized carbons (Fsp3) is 0.333. The summed E-state index contributed by atoms with van der Waals surface area (Å²) < 4.78 is 29.0. The van der Waals surface area contributed by atoms with Crippen LogP contribution in [0.15, 0.2) is 22.9 Å². The minimum atomic E-state index is -3.20. The lowest BCUT2D eigenvalue weighted by Crippen LogP contribution is -2.24. The van der Waals surface area contributed by atoms with E-state index in [0.717, 1.165) is 6.26 Å². The molecule has 0 aliphatic heterocycles. The minimum Gasteiger partial charge on any atom is -0.339 e. The van der Waals surface area contributed by atoms with E-state index in [1.165, 1.54) is 0 Å². The molecule has 8 nitrogen and oxygen atoms in total. The van der Waals surface area contributed by atoms with E-state index in [2.05, 4.69) is 25.1 Å². The van der Waals surface area contributed by atoms with Crippen molar-refractivity contribution < 1.29 is 12.9 Å². The predicted molar refractivity (Wildman–Crippen MR) is 61.9 cm³/mol. The van der Waals surface area contributed by atoms with E-state index in [9.17, 15) is 8.42 Å².